The van der Waals surface area contributed by atoms with Crippen LogP contribution in [-0.2, 0) is 0 Å². The molecule has 2 aromatic rings. The van der Waals surface area contributed by atoms with Gasteiger partial charge in [0.15, 0.2) is 5.69 Å². The Hall–Kier alpha value is -1.89. The summed E-state index contributed by atoms with van der Waals surface area (Å²) in [5.41, 5.74) is 1.26. The van der Waals surface area contributed by atoms with E-state index in [0.717, 1.165) is 10.9 Å². The summed E-state index contributed by atoms with van der Waals surface area (Å²) >= 11 is 0. The number of nitrogens with one attached hydrogen (secondary N) is 1. The topological polar surface area (TPSA) is 65.4 Å². The van der Waals surface area contributed by atoms with Crippen molar-refractivity contribution in [3.63, 3.8) is 0 Å². The van der Waals surface area contributed by atoms with E-state index in [9.17, 15) is 0 Å². The van der Waals surface area contributed by atoms with E-state index in [-0.39, 0.29) is 0 Å². The van der Waals surface area contributed by atoms with Crippen LogP contribution < -0.4 is 0 Å². The molecule has 0 aliphatic rings. The zero-order valence-corrected chi connectivity index (χ0v) is 5.57. The number of aromatic nitrogens is 3. The van der Waals surface area contributed by atoms with Crippen molar-refractivity contribution in [2.45, 2.75) is 0 Å². The van der Waals surface area contributed by atoms with Gasteiger partial charge < -0.3 is 0 Å². The largest absolute Gasteiger partial charge is 0.278 e. The van der Waals surface area contributed by atoms with Gasteiger partial charge in [0.2, 0.25) is 0 Å². The summed E-state index contributed by atoms with van der Waals surface area (Å²) in [6.07, 6.45) is 3.18. The highest BCUT2D eigenvalue weighted by Crippen LogP contribution is 2.11. The van der Waals surface area contributed by atoms with Gasteiger partial charge in [-0.25, -0.2) is 4.98 Å². The van der Waals surface area contributed by atoms with E-state index in [2.05, 4.69) is 15.2 Å². The lowest BCUT2D eigenvalue weighted by Crippen LogP contribution is -1.80. The zero-order chi connectivity index (χ0) is 7.68. The highest BCUT2D eigenvalue weighted by Gasteiger charge is 2.00. The lowest BCUT2D eigenvalue weighted by Gasteiger charge is -1.87. The molecule has 0 aliphatic carbocycles. The molecule has 0 fully saturated rings. The minimum Gasteiger partial charge on any atom is -0.278 e. The second kappa shape index (κ2) is 2.06. The van der Waals surface area contributed by atoms with Gasteiger partial charge in [-0.05, 0) is 6.07 Å². The Labute approximate surface area is 62.5 Å². The fraction of sp³-hybridized carbons (Fsp3) is 0. The molecule has 0 atom stereocenters. The molecular weight excluding hydrogens is 140 g/mol. The number of hydrogen-bond acceptors (Lipinski definition) is 3. The molecule has 1 N–H and O–H groups in total. The van der Waals surface area contributed by atoms with E-state index < -0.39 is 0 Å². The summed E-state index contributed by atoms with van der Waals surface area (Å²) in [4.78, 5) is 3.88. The van der Waals surface area contributed by atoms with E-state index in [0.29, 0.717) is 5.69 Å². The highest BCUT2D eigenvalue weighted by atomic mass is 15.1. The van der Waals surface area contributed by atoms with Crippen LogP contribution in [0.1, 0.15) is 5.69 Å². The standard InChI is InChI=1S/C7H4N4/c8-3-7-5-4-10-11-6(5)1-2-9-7/h1-2,4H,(H,10,11). The molecule has 0 bridgehead atoms. The number of aromatic amines is 1. The van der Waals surface area contributed by atoms with Gasteiger partial charge in [-0.3, -0.25) is 5.10 Å². The molecule has 2 heterocycles. The number of rotatable bonds is 0. The quantitative estimate of drug-likeness (QED) is 0.595. The van der Waals surface area contributed by atoms with E-state index in [4.69, 9.17) is 5.26 Å². The van der Waals surface area contributed by atoms with Crippen molar-refractivity contribution in [1.29, 1.82) is 5.26 Å². The van der Waals surface area contributed by atoms with Gasteiger partial charge in [-0.15, -0.1) is 0 Å². The third kappa shape index (κ3) is 0.749. The van der Waals surface area contributed by atoms with Gasteiger partial charge in [-0.1, -0.05) is 0 Å². The fourth-order valence-electron chi connectivity index (χ4n) is 0.957. The van der Waals surface area contributed by atoms with Gasteiger partial charge >= 0.3 is 0 Å². The average Bonchev–Trinajstić information content (AvgIpc) is 2.50. The molecule has 2 aromatic heterocycles. The van der Waals surface area contributed by atoms with Gasteiger partial charge in [0.1, 0.15) is 6.07 Å². The average molecular weight is 144 g/mol. The van der Waals surface area contributed by atoms with Gasteiger partial charge in [0.25, 0.3) is 0 Å². The Balaban J connectivity index is 2.92. The van der Waals surface area contributed by atoms with Crippen molar-refractivity contribution in [2.24, 2.45) is 0 Å². The molecule has 0 saturated heterocycles. The molecule has 11 heavy (non-hydrogen) atoms. The van der Waals surface area contributed by atoms with Crippen molar-refractivity contribution >= 4 is 10.9 Å². The predicted molar refractivity (Wildman–Crippen MR) is 38.6 cm³/mol. The van der Waals surface area contributed by atoms with Crippen molar-refractivity contribution < 1.29 is 0 Å². The molecule has 52 valence electrons. The number of fused-ring (bicyclic) bond motifs is 1. The van der Waals surface area contributed by atoms with Crippen molar-refractivity contribution in [3.05, 3.63) is 24.2 Å². The lowest BCUT2D eigenvalue weighted by molar-refractivity contribution is 1.12. The molecule has 4 nitrogen and oxygen atoms in total. The maximum absolute atomic E-state index is 8.60. The van der Waals surface area contributed by atoms with Crippen LogP contribution in [-0.4, -0.2) is 15.2 Å². The first kappa shape index (κ1) is 5.86. The third-order valence-corrected chi connectivity index (χ3v) is 1.47. The number of hydrogen-bond donors (Lipinski definition) is 1. The summed E-state index contributed by atoms with van der Waals surface area (Å²) in [6.45, 7) is 0. The maximum atomic E-state index is 8.60. The molecule has 0 aromatic carbocycles. The Morgan fingerprint density at radius 2 is 2.45 bits per heavy atom. The monoisotopic (exact) mass is 144 g/mol. The minimum atomic E-state index is 0.413. The first-order valence-corrected chi connectivity index (χ1v) is 3.10. The lowest BCUT2D eigenvalue weighted by atomic mass is 10.2. The summed E-state index contributed by atoms with van der Waals surface area (Å²) in [6, 6.07) is 3.77. The minimum absolute atomic E-state index is 0.413. The molecule has 4 heteroatoms. The molecule has 0 radical (unpaired) electrons. The molecule has 0 amide bonds. The molecule has 2 rings (SSSR count). The van der Waals surface area contributed by atoms with Crippen LogP contribution >= 0.6 is 0 Å². The Kier molecular flexibility index (Phi) is 1.10. The SMILES string of the molecule is N#Cc1nccc2[nH]ncc12. The van der Waals surface area contributed by atoms with Crippen LogP contribution in [0.2, 0.25) is 0 Å². The highest BCUT2D eigenvalue weighted by molar-refractivity contribution is 5.81. The normalized spacial score (nSPS) is 9.73. The van der Waals surface area contributed by atoms with E-state index in [1.165, 1.54) is 0 Å². The summed E-state index contributed by atoms with van der Waals surface area (Å²) in [5, 5.41) is 15.9. The summed E-state index contributed by atoms with van der Waals surface area (Å²) in [7, 11) is 0. The van der Waals surface area contributed by atoms with Crippen LogP contribution in [0, 0.1) is 11.3 Å². The fourth-order valence-corrected chi connectivity index (χ4v) is 0.957. The molecule has 0 unspecified atom stereocenters. The Morgan fingerprint density at radius 1 is 1.55 bits per heavy atom. The number of H-pyrrole nitrogens is 1. The molecular formula is C7H4N4. The summed E-state index contributed by atoms with van der Waals surface area (Å²) in [5.74, 6) is 0. The van der Waals surface area contributed by atoms with Crippen LogP contribution in [0.15, 0.2) is 18.5 Å². The van der Waals surface area contributed by atoms with E-state index >= 15 is 0 Å². The van der Waals surface area contributed by atoms with Crippen molar-refractivity contribution in [1.82, 2.24) is 15.2 Å². The molecule has 0 spiro atoms. The zero-order valence-electron chi connectivity index (χ0n) is 5.57. The predicted octanol–water partition coefficient (Wildman–Crippen LogP) is 0.830. The van der Waals surface area contributed by atoms with Crippen LogP contribution in [0.3, 0.4) is 0 Å². The van der Waals surface area contributed by atoms with Gasteiger partial charge in [0.05, 0.1) is 17.1 Å². The second-order valence-corrected chi connectivity index (χ2v) is 2.10. The van der Waals surface area contributed by atoms with E-state index in [1.54, 1.807) is 18.5 Å². The second-order valence-electron chi connectivity index (χ2n) is 2.10. The Bertz CT molecular complexity index is 423. The molecule has 0 saturated carbocycles. The number of nitrogens with zero attached hydrogens (tertiary/aromatic N) is 3. The number of pyridine rings is 1. The Morgan fingerprint density at radius 3 is 3.27 bits per heavy atom. The third-order valence-electron chi connectivity index (χ3n) is 1.47. The summed E-state index contributed by atoms with van der Waals surface area (Å²) < 4.78 is 0. The molecule has 0 aliphatic heterocycles. The smallest absolute Gasteiger partial charge is 0.151 e. The van der Waals surface area contributed by atoms with Crippen LogP contribution in [0.5, 0.6) is 0 Å². The van der Waals surface area contributed by atoms with Crippen molar-refractivity contribution in [2.75, 3.05) is 0 Å². The van der Waals surface area contributed by atoms with Crippen molar-refractivity contribution in [3.8, 4) is 6.07 Å². The van der Waals surface area contributed by atoms with Crippen LogP contribution in [0.25, 0.3) is 10.9 Å². The van der Waals surface area contributed by atoms with Gasteiger partial charge in [0, 0.05) is 6.20 Å². The first-order valence-electron chi connectivity index (χ1n) is 3.10. The maximum Gasteiger partial charge on any atom is 0.151 e. The van der Waals surface area contributed by atoms with E-state index in [1.807, 2.05) is 6.07 Å². The van der Waals surface area contributed by atoms with Gasteiger partial charge in [-0.2, -0.15) is 10.4 Å². The first-order chi connectivity index (χ1) is 5.42. The number of nitriles is 1. The van der Waals surface area contributed by atoms with Crippen LogP contribution in [0.4, 0.5) is 0 Å².